The molecule has 2 aromatic rings. The molecular formula is C20H20ClNO4. The smallest absolute Gasteiger partial charge is 0.414 e. The molecule has 1 aliphatic heterocycles. The number of nitrogens with zero attached hydrogens (tertiary/aromatic N) is 1. The Morgan fingerprint density at radius 2 is 1.85 bits per heavy atom. The van der Waals surface area contributed by atoms with Crippen molar-refractivity contribution in [3.63, 3.8) is 0 Å². The van der Waals surface area contributed by atoms with Crippen LogP contribution in [-0.2, 0) is 19.8 Å². The van der Waals surface area contributed by atoms with E-state index >= 15 is 0 Å². The summed E-state index contributed by atoms with van der Waals surface area (Å²) in [6.07, 6.45) is -1.22. The SMILES string of the molecule is COC(=O)N1c2c(C)cccc2[C@@H](OC(=O)CCl)[C@]1(C)c1ccccc1. The van der Waals surface area contributed by atoms with Crippen LogP contribution in [0.1, 0.15) is 29.7 Å². The Balaban J connectivity index is 2.28. The van der Waals surface area contributed by atoms with Crippen LogP contribution in [0.15, 0.2) is 48.5 Å². The fourth-order valence-corrected chi connectivity index (χ4v) is 3.68. The zero-order valence-electron chi connectivity index (χ0n) is 14.9. The number of anilines is 1. The van der Waals surface area contributed by atoms with Gasteiger partial charge in [-0.1, -0.05) is 48.5 Å². The predicted octanol–water partition coefficient (Wildman–Crippen LogP) is 4.32. The standard InChI is InChI=1S/C20H20ClNO4/c1-13-8-7-11-15-17(13)22(19(24)25-3)20(2,14-9-5-4-6-10-14)18(15)26-16(23)12-21/h4-11,18H,12H2,1-3H3/t18-,20+/m1/s1. The first-order chi connectivity index (χ1) is 12.4. The molecule has 5 nitrogen and oxygen atoms in total. The van der Waals surface area contributed by atoms with Gasteiger partial charge >= 0.3 is 12.1 Å². The minimum atomic E-state index is -0.968. The molecule has 0 fully saturated rings. The summed E-state index contributed by atoms with van der Waals surface area (Å²) in [5, 5.41) is 0. The number of amides is 1. The van der Waals surface area contributed by atoms with E-state index in [9.17, 15) is 9.59 Å². The van der Waals surface area contributed by atoms with Crippen LogP contribution < -0.4 is 4.90 Å². The first-order valence-corrected chi connectivity index (χ1v) is 8.77. The Labute approximate surface area is 157 Å². The summed E-state index contributed by atoms with van der Waals surface area (Å²) in [5.41, 5.74) is 2.19. The van der Waals surface area contributed by atoms with Gasteiger partial charge in [0.2, 0.25) is 0 Å². The number of carbonyl (C=O) groups excluding carboxylic acids is 2. The highest BCUT2D eigenvalue weighted by Crippen LogP contribution is 2.55. The molecule has 0 bridgehead atoms. The number of benzene rings is 2. The molecule has 0 saturated heterocycles. The molecule has 0 aliphatic carbocycles. The number of ether oxygens (including phenoxy) is 2. The first kappa shape index (κ1) is 18.3. The Kier molecular flexibility index (Phi) is 4.92. The van der Waals surface area contributed by atoms with E-state index < -0.39 is 23.7 Å². The van der Waals surface area contributed by atoms with Crippen molar-refractivity contribution in [2.75, 3.05) is 17.9 Å². The number of hydrogen-bond acceptors (Lipinski definition) is 4. The lowest BCUT2D eigenvalue weighted by atomic mass is 9.85. The summed E-state index contributed by atoms with van der Waals surface area (Å²) in [6.45, 7) is 3.77. The van der Waals surface area contributed by atoms with Crippen molar-refractivity contribution in [3.8, 4) is 0 Å². The van der Waals surface area contributed by atoms with Gasteiger partial charge in [-0.15, -0.1) is 11.6 Å². The Hall–Kier alpha value is -2.53. The monoisotopic (exact) mass is 373 g/mol. The summed E-state index contributed by atoms with van der Waals surface area (Å²) < 4.78 is 10.8. The Bertz CT molecular complexity index is 839. The number of rotatable bonds is 3. The highest BCUT2D eigenvalue weighted by Gasteiger charge is 2.55. The van der Waals surface area contributed by atoms with Gasteiger partial charge in [-0.05, 0) is 25.0 Å². The maximum atomic E-state index is 12.8. The van der Waals surface area contributed by atoms with E-state index in [1.165, 1.54) is 7.11 Å². The van der Waals surface area contributed by atoms with Crippen molar-refractivity contribution < 1.29 is 19.1 Å². The predicted molar refractivity (Wildman–Crippen MR) is 99.4 cm³/mol. The van der Waals surface area contributed by atoms with Gasteiger partial charge in [-0.25, -0.2) is 4.79 Å². The Morgan fingerprint density at radius 3 is 2.46 bits per heavy atom. The number of methoxy groups -OCH3 is 1. The topological polar surface area (TPSA) is 55.8 Å². The minimum absolute atomic E-state index is 0.263. The molecule has 0 N–H and O–H groups in total. The van der Waals surface area contributed by atoms with Gasteiger partial charge in [0.05, 0.1) is 12.8 Å². The fourth-order valence-electron chi connectivity index (χ4n) is 3.62. The molecule has 2 atom stereocenters. The third kappa shape index (κ3) is 2.72. The van der Waals surface area contributed by atoms with Crippen molar-refractivity contribution in [1.29, 1.82) is 0 Å². The lowest BCUT2D eigenvalue weighted by Gasteiger charge is -2.38. The number of hydrogen-bond donors (Lipinski definition) is 0. The third-order valence-electron chi connectivity index (χ3n) is 4.82. The maximum absolute atomic E-state index is 12.8. The zero-order chi connectivity index (χ0) is 18.9. The quantitative estimate of drug-likeness (QED) is 0.594. The van der Waals surface area contributed by atoms with Gasteiger partial charge in [-0.3, -0.25) is 9.69 Å². The molecule has 26 heavy (non-hydrogen) atoms. The molecule has 0 aromatic heterocycles. The maximum Gasteiger partial charge on any atom is 0.414 e. The molecule has 2 aromatic carbocycles. The van der Waals surface area contributed by atoms with Crippen LogP contribution in [0.4, 0.5) is 10.5 Å². The molecule has 0 radical (unpaired) electrons. The van der Waals surface area contributed by atoms with Crippen LogP contribution in [0.3, 0.4) is 0 Å². The Morgan fingerprint density at radius 1 is 1.15 bits per heavy atom. The van der Waals surface area contributed by atoms with Gasteiger partial charge in [-0.2, -0.15) is 0 Å². The molecule has 0 saturated carbocycles. The molecular weight excluding hydrogens is 354 g/mol. The van der Waals surface area contributed by atoms with Gasteiger partial charge in [0.15, 0.2) is 6.10 Å². The van der Waals surface area contributed by atoms with Crippen molar-refractivity contribution >= 4 is 29.4 Å². The molecule has 6 heteroatoms. The first-order valence-electron chi connectivity index (χ1n) is 8.23. The van der Waals surface area contributed by atoms with E-state index in [1.807, 2.05) is 62.4 Å². The molecule has 1 heterocycles. The van der Waals surface area contributed by atoms with Gasteiger partial charge in [0.1, 0.15) is 11.4 Å². The average Bonchev–Trinajstić information content (AvgIpc) is 2.92. The fraction of sp³-hybridized carbons (Fsp3) is 0.300. The van der Waals surface area contributed by atoms with Crippen molar-refractivity contribution in [2.45, 2.75) is 25.5 Å². The normalized spacial score (nSPS) is 21.2. The van der Waals surface area contributed by atoms with E-state index in [4.69, 9.17) is 21.1 Å². The second kappa shape index (κ2) is 7.00. The van der Waals surface area contributed by atoms with E-state index in [1.54, 1.807) is 4.90 Å². The van der Waals surface area contributed by atoms with Crippen LogP contribution in [0.2, 0.25) is 0 Å². The van der Waals surface area contributed by atoms with E-state index in [-0.39, 0.29) is 5.88 Å². The van der Waals surface area contributed by atoms with Crippen LogP contribution in [0.5, 0.6) is 0 Å². The number of alkyl halides is 1. The molecule has 1 amide bonds. The summed E-state index contributed by atoms with van der Waals surface area (Å²) >= 11 is 5.67. The van der Waals surface area contributed by atoms with E-state index in [0.717, 1.165) is 16.7 Å². The number of carbonyl (C=O) groups is 2. The average molecular weight is 374 g/mol. The molecule has 1 aliphatic rings. The number of aryl methyl sites for hydroxylation is 1. The van der Waals surface area contributed by atoms with Gasteiger partial charge in [0.25, 0.3) is 0 Å². The van der Waals surface area contributed by atoms with Crippen LogP contribution >= 0.6 is 11.6 Å². The summed E-state index contributed by atoms with van der Waals surface area (Å²) in [5.74, 6) is -0.807. The minimum Gasteiger partial charge on any atom is -0.454 e. The van der Waals surface area contributed by atoms with E-state index in [2.05, 4.69) is 0 Å². The lowest BCUT2D eigenvalue weighted by Crippen LogP contribution is -2.48. The van der Waals surface area contributed by atoms with Crippen LogP contribution in [0, 0.1) is 6.92 Å². The lowest BCUT2D eigenvalue weighted by molar-refractivity contribution is -0.149. The zero-order valence-corrected chi connectivity index (χ0v) is 15.6. The third-order valence-corrected chi connectivity index (χ3v) is 5.04. The highest BCUT2D eigenvalue weighted by atomic mass is 35.5. The molecule has 136 valence electrons. The number of esters is 1. The molecule has 0 unspecified atom stereocenters. The van der Waals surface area contributed by atoms with Crippen LogP contribution in [0.25, 0.3) is 0 Å². The number of fused-ring (bicyclic) bond motifs is 1. The van der Waals surface area contributed by atoms with Crippen molar-refractivity contribution in [2.24, 2.45) is 0 Å². The molecule has 3 rings (SSSR count). The summed E-state index contributed by atoms with van der Waals surface area (Å²) in [7, 11) is 1.34. The van der Waals surface area contributed by atoms with Crippen molar-refractivity contribution in [3.05, 3.63) is 65.2 Å². The highest BCUT2D eigenvalue weighted by molar-refractivity contribution is 6.26. The second-order valence-corrected chi connectivity index (χ2v) is 6.60. The summed E-state index contributed by atoms with van der Waals surface area (Å²) in [6, 6.07) is 15.1. The second-order valence-electron chi connectivity index (χ2n) is 6.34. The summed E-state index contributed by atoms with van der Waals surface area (Å²) in [4.78, 5) is 26.4. The van der Waals surface area contributed by atoms with Crippen molar-refractivity contribution in [1.82, 2.24) is 0 Å². The number of halogens is 1. The van der Waals surface area contributed by atoms with Gasteiger partial charge in [0, 0.05) is 5.56 Å². The number of para-hydroxylation sites is 1. The largest absolute Gasteiger partial charge is 0.454 e. The van der Waals surface area contributed by atoms with Gasteiger partial charge < -0.3 is 9.47 Å². The van der Waals surface area contributed by atoms with Crippen LogP contribution in [-0.4, -0.2) is 25.1 Å². The van der Waals surface area contributed by atoms with E-state index in [0.29, 0.717) is 5.69 Å². The molecule has 0 spiro atoms.